The molecule has 0 unspecified atom stereocenters. The molecule has 0 heterocycles. The lowest BCUT2D eigenvalue weighted by atomic mass is 10.7. The minimum Gasteiger partial charge on any atom is -0.259 e. The molecule has 2 radical (unpaired) electrons. The molecule has 0 atom stereocenters. The summed E-state index contributed by atoms with van der Waals surface area (Å²) in [6.07, 6.45) is 6.86. The molecule has 0 bridgehead atoms. The first-order chi connectivity index (χ1) is 2.91. The maximum Gasteiger partial charge on any atom is 0.0584 e. The van der Waals surface area contributed by atoms with Gasteiger partial charge in [0.25, 0.3) is 0 Å². The minimum absolute atomic E-state index is 1.57. The van der Waals surface area contributed by atoms with Crippen LogP contribution in [0, 0.1) is 6.08 Å². The van der Waals surface area contributed by atoms with Crippen molar-refractivity contribution in [1.82, 2.24) is 0 Å². The summed E-state index contributed by atoms with van der Waals surface area (Å²) in [5.41, 5.74) is 0. The number of hydrogen-bond donors (Lipinski definition) is 0. The second-order valence-corrected chi connectivity index (χ2v) is 0.770. The van der Waals surface area contributed by atoms with Crippen molar-refractivity contribution in [3.05, 3.63) is 12.3 Å². The van der Waals surface area contributed by atoms with Crippen molar-refractivity contribution in [2.75, 3.05) is 0 Å². The van der Waals surface area contributed by atoms with Gasteiger partial charge in [0.15, 0.2) is 0 Å². The molecule has 1 heteroatoms. The van der Waals surface area contributed by atoms with Crippen molar-refractivity contribution in [2.24, 2.45) is 4.99 Å². The van der Waals surface area contributed by atoms with Crippen LogP contribution in [-0.2, 0) is 0 Å². The molecular weight excluding hydrogens is 74.1 g/mol. The summed E-state index contributed by atoms with van der Waals surface area (Å²) in [4.78, 5) is 3.60. The topological polar surface area (TPSA) is 12.4 Å². The van der Waals surface area contributed by atoms with Gasteiger partial charge in [0, 0.05) is 6.20 Å². The number of aliphatic imine (C=N–C) groups is 1. The van der Waals surface area contributed by atoms with E-state index in [9.17, 15) is 0 Å². The van der Waals surface area contributed by atoms with Gasteiger partial charge < -0.3 is 0 Å². The predicted octanol–water partition coefficient (Wildman–Crippen LogP) is 1.29. The Balaban J connectivity index is 3.07. The van der Waals surface area contributed by atoms with E-state index in [2.05, 4.69) is 17.3 Å². The largest absolute Gasteiger partial charge is 0.259 e. The van der Waals surface area contributed by atoms with E-state index < -0.39 is 0 Å². The smallest absolute Gasteiger partial charge is 0.0584 e. The van der Waals surface area contributed by atoms with Crippen LogP contribution in [-0.4, -0.2) is 6.21 Å². The fourth-order valence-electron chi connectivity index (χ4n) is 0.129. The summed E-state index contributed by atoms with van der Waals surface area (Å²) >= 11 is 0. The standard InChI is InChI=1S/C5H7N/c1-3-5-6-4-2/h5H,1-2H3. The van der Waals surface area contributed by atoms with Crippen molar-refractivity contribution >= 4 is 6.21 Å². The van der Waals surface area contributed by atoms with Crippen molar-refractivity contribution in [3.8, 4) is 0 Å². The van der Waals surface area contributed by atoms with Gasteiger partial charge in [-0.1, -0.05) is 0 Å². The van der Waals surface area contributed by atoms with Crippen LogP contribution in [0.4, 0.5) is 0 Å². The van der Waals surface area contributed by atoms with Gasteiger partial charge in [0.2, 0.25) is 0 Å². The van der Waals surface area contributed by atoms with Crippen LogP contribution in [0.3, 0.4) is 0 Å². The highest BCUT2D eigenvalue weighted by molar-refractivity contribution is 5.53. The Morgan fingerprint density at radius 3 is 2.33 bits per heavy atom. The van der Waals surface area contributed by atoms with Gasteiger partial charge in [-0.3, -0.25) is 4.99 Å². The molecule has 0 aromatic carbocycles. The molecule has 0 saturated heterocycles. The molecule has 0 rings (SSSR count). The molecule has 0 aliphatic heterocycles. The first kappa shape index (κ1) is 5.41. The van der Waals surface area contributed by atoms with E-state index in [4.69, 9.17) is 0 Å². The van der Waals surface area contributed by atoms with Crippen molar-refractivity contribution in [2.45, 2.75) is 13.8 Å². The Morgan fingerprint density at radius 1 is 1.50 bits per heavy atom. The molecule has 0 spiro atoms. The lowest BCUT2D eigenvalue weighted by Crippen LogP contribution is -1.50. The maximum atomic E-state index is 3.60. The number of nitrogens with zero attached hydrogens (tertiary/aromatic N) is 1. The van der Waals surface area contributed by atoms with E-state index in [1.165, 1.54) is 0 Å². The first-order valence-electron chi connectivity index (χ1n) is 1.77. The van der Waals surface area contributed by atoms with Crippen LogP contribution < -0.4 is 0 Å². The maximum absolute atomic E-state index is 3.60. The molecule has 0 aromatic rings. The quantitative estimate of drug-likeness (QED) is 0.422. The molecule has 0 amide bonds. The van der Waals surface area contributed by atoms with E-state index in [1.54, 1.807) is 20.0 Å². The summed E-state index contributed by atoms with van der Waals surface area (Å²) < 4.78 is 0. The van der Waals surface area contributed by atoms with Gasteiger partial charge in [-0.2, -0.15) is 0 Å². The Bertz CT molecular complexity index is 52.3. The molecule has 32 valence electrons. The van der Waals surface area contributed by atoms with Crippen LogP contribution >= 0.6 is 0 Å². The lowest BCUT2D eigenvalue weighted by Gasteiger charge is -1.62. The van der Waals surface area contributed by atoms with Crippen molar-refractivity contribution < 1.29 is 0 Å². The van der Waals surface area contributed by atoms with Gasteiger partial charge in [0.1, 0.15) is 0 Å². The van der Waals surface area contributed by atoms with Crippen LogP contribution in [0.5, 0.6) is 0 Å². The predicted molar refractivity (Wildman–Crippen MR) is 26.6 cm³/mol. The summed E-state index contributed by atoms with van der Waals surface area (Å²) in [7, 11) is 0. The second kappa shape index (κ2) is 4.41. The Morgan fingerprint density at radius 2 is 2.17 bits per heavy atom. The van der Waals surface area contributed by atoms with Crippen LogP contribution in [0.1, 0.15) is 13.8 Å². The fourth-order valence-corrected chi connectivity index (χ4v) is 0.129. The Hall–Kier alpha value is -0.590. The molecule has 0 saturated carbocycles. The minimum atomic E-state index is 1.57. The molecule has 0 N–H and O–H groups in total. The molecule has 0 aliphatic rings. The number of hydrogen-bond acceptors (Lipinski definition) is 1. The van der Waals surface area contributed by atoms with Crippen LogP contribution in [0.2, 0.25) is 0 Å². The Kier molecular flexibility index (Phi) is 3.98. The van der Waals surface area contributed by atoms with E-state index >= 15 is 0 Å². The third-order valence-electron chi connectivity index (χ3n) is 0.323. The molecule has 1 nitrogen and oxygen atoms in total. The van der Waals surface area contributed by atoms with Crippen LogP contribution in [0.15, 0.2) is 11.2 Å². The zero-order chi connectivity index (χ0) is 4.83. The highest BCUT2D eigenvalue weighted by atomic mass is 14.6. The van der Waals surface area contributed by atoms with Gasteiger partial charge in [-0.05, 0) is 19.9 Å². The van der Waals surface area contributed by atoms with E-state index in [0.29, 0.717) is 0 Å². The zero-order valence-electron chi connectivity index (χ0n) is 4.02. The normalized spacial score (nSPS) is 11.7. The van der Waals surface area contributed by atoms with Crippen molar-refractivity contribution in [1.29, 1.82) is 0 Å². The summed E-state index contributed by atoms with van der Waals surface area (Å²) in [6, 6.07) is 0. The van der Waals surface area contributed by atoms with Crippen LogP contribution in [0.25, 0.3) is 0 Å². The van der Waals surface area contributed by atoms with E-state index in [0.717, 1.165) is 0 Å². The third kappa shape index (κ3) is 3.41. The highest BCUT2D eigenvalue weighted by Gasteiger charge is 1.50. The molecular formula is C5H7N. The lowest BCUT2D eigenvalue weighted by molar-refractivity contribution is 1.49. The van der Waals surface area contributed by atoms with Gasteiger partial charge in [0.05, 0.1) is 6.21 Å². The Labute approximate surface area is 38.4 Å². The highest BCUT2D eigenvalue weighted by Crippen LogP contribution is 1.65. The first-order valence-corrected chi connectivity index (χ1v) is 1.77. The second-order valence-electron chi connectivity index (χ2n) is 0.770. The number of allylic oxidation sites excluding steroid dienone is 1. The molecule has 0 fully saturated rings. The average Bonchev–Trinajstić information content (AvgIpc) is 1.61. The summed E-state index contributed by atoms with van der Waals surface area (Å²) in [5.74, 6) is 0. The van der Waals surface area contributed by atoms with E-state index in [1.807, 2.05) is 0 Å². The third-order valence-corrected chi connectivity index (χ3v) is 0.323. The molecule has 0 aromatic heterocycles. The monoisotopic (exact) mass is 81.1 g/mol. The molecule has 0 aliphatic carbocycles. The van der Waals surface area contributed by atoms with Gasteiger partial charge in [-0.15, -0.1) is 0 Å². The van der Waals surface area contributed by atoms with Crippen molar-refractivity contribution in [3.63, 3.8) is 0 Å². The summed E-state index contributed by atoms with van der Waals surface area (Å²) in [5, 5.41) is 0. The molecule has 6 heavy (non-hydrogen) atoms. The van der Waals surface area contributed by atoms with E-state index in [-0.39, 0.29) is 0 Å². The fraction of sp³-hybridized carbons (Fsp3) is 0.400. The van der Waals surface area contributed by atoms with Gasteiger partial charge in [-0.25, -0.2) is 0 Å². The summed E-state index contributed by atoms with van der Waals surface area (Å²) in [6.45, 7) is 3.54. The average molecular weight is 81.1 g/mol. The SMILES string of the molecule is C/[C]=C\N=[C]/C. The zero-order valence-corrected chi connectivity index (χ0v) is 4.02. The van der Waals surface area contributed by atoms with Gasteiger partial charge >= 0.3 is 0 Å². The number of rotatable bonds is 1.